The fraction of sp³-hybridized carbons (Fsp3) is 0.154. The number of nitrogens with zero attached hydrogens (tertiary/aromatic N) is 2. The number of hydrogen-bond donors (Lipinski definition) is 0. The van der Waals surface area contributed by atoms with Crippen molar-refractivity contribution in [3.8, 4) is 5.69 Å². The average molecular weight is 246 g/mol. The highest BCUT2D eigenvalue weighted by molar-refractivity contribution is 5.91. The van der Waals surface area contributed by atoms with Gasteiger partial charge in [-0.3, -0.25) is 9.59 Å². The number of ketones is 1. The van der Waals surface area contributed by atoms with Gasteiger partial charge in [-0.1, -0.05) is 6.07 Å². The Bertz CT molecular complexity index is 677. The second kappa shape index (κ2) is 4.52. The van der Waals surface area contributed by atoms with E-state index in [0.717, 1.165) is 0 Å². The van der Waals surface area contributed by atoms with Crippen molar-refractivity contribution in [2.45, 2.75) is 13.8 Å². The number of benzene rings is 1. The van der Waals surface area contributed by atoms with Crippen molar-refractivity contribution in [3.63, 3.8) is 0 Å². The van der Waals surface area contributed by atoms with Crippen LogP contribution in [-0.2, 0) is 0 Å². The van der Waals surface area contributed by atoms with Crippen LogP contribution in [0.4, 0.5) is 4.39 Å². The molecule has 0 atom stereocenters. The first-order chi connectivity index (χ1) is 8.49. The van der Waals surface area contributed by atoms with Crippen LogP contribution >= 0.6 is 0 Å². The van der Waals surface area contributed by atoms with Gasteiger partial charge in [-0.25, -0.2) is 9.07 Å². The second-order valence-corrected chi connectivity index (χ2v) is 3.95. The number of rotatable bonds is 2. The first-order valence-corrected chi connectivity index (χ1v) is 5.37. The van der Waals surface area contributed by atoms with Gasteiger partial charge in [0.2, 0.25) is 5.43 Å². The van der Waals surface area contributed by atoms with E-state index in [1.165, 1.54) is 35.9 Å². The minimum absolute atomic E-state index is 0.148. The molecule has 1 heterocycles. The molecule has 5 heteroatoms. The highest BCUT2D eigenvalue weighted by Crippen LogP contribution is 2.10. The van der Waals surface area contributed by atoms with Gasteiger partial charge in [0.15, 0.2) is 11.5 Å². The predicted octanol–water partition coefficient (Wildman–Crippen LogP) is 1.88. The zero-order valence-electron chi connectivity index (χ0n) is 9.98. The third kappa shape index (κ3) is 2.20. The van der Waals surface area contributed by atoms with E-state index in [4.69, 9.17) is 0 Å². The lowest BCUT2D eigenvalue weighted by Gasteiger charge is -2.10. The van der Waals surface area contributed by atoms with Crippen molar-refractivity contribution in [2.75, 3.05) is 0 Å². The van der Waals surface area contributed by atoms with Gasteiger partial charge < -0.3 is 0 Å². The summed E-state index contributed by atoms with van der Waals surface area (Å²) in [4.78, 5) is 22.8. The highest BCUT2D eigenvalue weighted by atomic mass is 19.1. The van der Waals surface area contributed by atoms with Crippen LogP contribution in [0.5, 0.6) is 0 Å². The zero-order valence-corrected chi connectivity index (χ0v) is 9.98. The third-order valence-corrected chi connectivity index (χ3v) is 2.49. The Balaban J connectivity index is 2.68. The molecule has 92 valence electrons. The van der Waals surface area contributed by atoms with Gasteiger partial charge in [0, 0.05) is 18.7 Å². The average Bonchev–Trinajstić information content (AvgIpc) is 2.28. The fourth-order valence-electron chi connectivity index (χ4n) is 1.66. The molecule has 1 aromatic heterocycles. The Morgan fingerprint density at radius 1 is 1.33 bits per heavy atom. The molecule has 0 aliphatic carbocycles. The summed E-state index contributed by atoms with van der Waals surface area (Å²) >= 11 is 0. The van der Waals surface area contributed by atoms with Crippen LogP contribution < -0.4 is 5.43 Å². The van der Waals surface area contributed by atoms with Gasteiger partial charge in [0.1, 0.15) is 5.82 Å². The Morgan fingerprint density at radius 3 is 2.67 bits per heavy atom. The molecule has 4 nitrogen and oxygen atoms in total. The monoisotopic (exact) mass is 246 g/mol. The van der Waals surface area contributed by atoms with E-state index >= 15 is 0 Å². The van der Waals surface area contributed by atoms with E-state index in [9.17, 15) is 14.0 Å². The molecule has 0 bridgehead atoms. The molecule has 0 saturated carbocycles. The quantitative estimate of drug-likeness (QED) is 0.760. The molecule has 2 aromatic rings. The summed E-state index contributed by atoms with van der Waals surface area (Å²) in [7, 11) is 0. The molecule has 0 radical (unpaired) electrons. The van der Waals surface area contributed by atoms with Crippen LogP contribution in [-0.4, -0.2) is 15.6 Å². The number of aromatic nitrogens is 2. The van der Waals surface area contributed by atoms with Crippen LogP contribution in [0.2, 0.25) is 0 Å². The largest absolute Gasteiger partial charge is 0.293 e. The molecule has 0 saturated heterocycles. The lowest BCUT2D eigenvalue weighted by molar-refractivity contribution is 0.101. The normalized spacial score (nSPS) is 10.4. The van der Waals surface area contributed by atoms with Gasteiger partial charge >= 0.3 is 0 Å². The molecular weight excluding hydrogens is 235 g/mol. The van der Waals surface area contributed by atoms with Crippen LogP contribution in [0.1, 0.15) is 23.1 Å². The van der Waals surface area contributed by atoms with Crippen molar-refractivity contribution in [2.24, 2.45) is 0 Å². The van der Waals surface area contributed by atoms with Crippen molar-refractivity contribution in [1.82, 2.24) is 9.78 Å². The summed E-state index contributed by atoms with van der Waals surface area (Å²) in [5, 5.41) is 3.97. The molecule has 0 amide bonds. The molecule has 18 heavy (non-hydrogen) atoms. The summed E-state index contributed by atoms with van der Waals surface area (Å²) in [6.07, 6.45) is 0. The van der Waals surface area contributed by atoms with Crippen LogP contribution in [0.25, 0.3) is 5.69 Å². The summed E-state index contributed by atoms with van der Waals surface area (Å²) in [6.45, 7) is 2.94. The minimum atomic E-state index is -0.423. The van der Waals surface area contributed by atoms with Crippen LogP contribution in [0.15, 0.2) is 35.1 Å². The van der Waals surface area contributed by atoms with E-state index in [1.54, 1.807) is 13.0 Å². The van der Waals surface area contributed by atoms with Crippen molar-refractivity contribution in [1.29, 1.82) is 0 Å². The molecule has 0 N–H and O–H groups in total. The number of carbonyl (C=O) groups is 1. The van der Waals surface area contributed by atoms with Crippen molar-refractivity contribution < 1.29 is 9.18 Å². The molecule has 1 aromatic carbocycles. The Labute approximate surface area is 103 Å². The second-order valence-electron chi connectivity index (χ2n) is 3.95. The lowest BCUT2D eigenvalue weighted by Crippen LogP contribution is -2.21. The number of Topliss-reactive ketones (excluding diaryl/α,β-unsaturated/α-hetero) is 1. The molecule has 0 aliphatic rings. The number of aryl methyl sites for hydroxylation is 1. The van der Waals surface area contributed by atoms with Gasteiger partial charge in [0.05, 0.1) is 5.69 Å². The topological polar surface area (TPSA) is 52.0 Å². The lowest BCUT2D eigenvalue weighted by atomic mass is 10.2. The summed E-state index contributed by atoms with van der Waals surface area (Å²) in [6, 6.07) is 7.10. The van der Waals surface area contributed by atoms with E-state index in [2.05, 4.69) is 5.10 Å². The third-order valence-electron chi connectivity index (χ3n) is 2.49. The Morgan fingerprint density at radius 2 is 2.06 bits per heavy atom. The van der Waals surface area contributed by atoms with Gasteiger partial charge in [0.25, 0.3) is 0 Å². The van der Waals surface area contributed by atoms with Gasteiger partial charge in [-0.05, 0) is 25.1 Å². The first-order valence-electron chi connectivity index (χ1n) is 5.37. The fourth-order valence-corrected chi connectivity index (χ4v) is 1.66. The highest BCUT2D eigenvalue weighted by Gasteiger charge is 2.11. The SMILES string of the molecule is CC(=O)c1nn(-c2cccc(F)c2)c(C)cc1=O. The summed E-state index contributed by atoms with van der Waals surface area (Å²) in [5.74, 6) is -0.818. The number of hydrogen-bond acceptors (Lipinski definition) is 3. The summed E-state index contributed by atoms with van der Waals surface area (Å²) in [5.41, 5.74) is 0.433. The first kappa shape index (κ1) is 12.2. The van der Waals surface area contributed by atoms with E-state index in [-0.39, 0.29) is 5.69 Å². The maximum absolute atomic E-state index is 13.2. The predicted molar refractivity (Wildman–Crippen MR) is 64.5 cm³/mol. The van der Waals surface area contributed by atoms with Gasteiger partial charge in [-0.2, -0.15) is 5.10 Å². The minimum Gasteiger partial charge on any atom is -0.293 e. The Kier molecular flexibility index (Phi) is 3.06. The standard InChI is InChI=1S/C13H11FN2O2/c1-8-6-12(18)13(9(2)17)15-16(8)11-5-3-4-10(14)7-11/h3-7H,1-2H3. The Hall–Kier alpha value is -2.30. The zero-order chi connectivity index (χ0) is 13.3. The van der Waals surface area contributed by atoms with Crippen LogP contribution in [0, 0.1) is 12.7 Å². The molecule has 0 aliphatic heterocycles. The molecule has 0 spiro atoms. The number of halogens is 1. The molecule has 0 unspecified atom stereocenters. The van der Waals surface area contributed by atoms with Crippen LogP contribution in [0.3, 0.4) is 0 Å². The maximum Gasteiger partial charge on any atom is 0.211 e. The van der Waals surface area contributed by atoms with Crippen molar-refractivity contribution in [3.05, 3.63) is 57.8 Å². The van der Waals surface area contributed by atoms with E-state index < -0.39 is 17.0 Å². The molecular formula is C13H11FN2O2. The number of carbonyl (C=O) groups excluding carboxylic acids is 1. The molecule has 0 fully saturated rings. The maximum atomic E-state index is 13.2. The molecule has 2 rings (SSSR count). The van der Waals surface area contributed by atoms with E-state index in [1.807, 2.05) is 0 Å². The van der Waals surface area contributed by atoms with Crippen molar-refractivity contribution >= 4 is 5.78 Å². The summed E-state index contributed by atoms with van der Waals surface area (Å²) < 4.78 is 14.5. The van der Waals surface area contributed by atoms with E-state index in [0.29, 0.717) is 11.4 Å². The smallest absolute Gasteiger partial charge is 0.211 e. The van der Waals surface area contributed by atoms with Gasteiger partial charge in [-0.15, -0.1) is 0 Å².